The van der Waals surface area contributed by atoms with Gasteiger partial charge in [-0.25, -0.2) is 8.78 Å². The van der Waals surface area contributed by atoms with Crippen LogP contribution in [0.2, 0.25) is 0 Å². The quantitative estimate of drug-likeness (QED) is 0.549. The number of benzene rings is 3. The number of alkyl halides is 2. The van der Waals surface area contributed by atoms with Crippen molar-refractivity contribution in [2.45, 2.75) is 18.4 Å². The Hall–Kier alpha value is -3.08. The SMILES string of the molecule is COc1ccc(C2Oc3c(C(F)F)cc(OC)cc3C2c2ccccc2)cc1. The van der Waals surface area contributed by atoms with Gasteiger partial charge in [0.25, 0.3) is 6.43 Å². The van der Waals surface area contributed by atoms with Crippen molar-refractivity contribution in [3.8, 4) is 17.2 Å². The molecule has 1 aliphatic rings. The number of hydrogen-bond acceptors (Lipinski definition) is 3. The lowest BCUT2D eigenvalue weighted by Crippen LogP contribution is -2.11. The number of rotatable bonds is 5. The van der Waals surface area contributed by atoms with Gasteiger partial charge in [-0.2, -0.15) is 0 Å². The highest BCUT2D eigenvalue weighted by molar-refractivity contribution is 5.56. The fraction of sp³-hybridized carbons (Fsp3) is 0.217. The fourth-order valence-corrected chi connectivity index (χ4v) is 3.72. The van der Waals surface area contributed by atoms with Gasteiger partial charge < -0.3 is 14.2 Å². The van der Waals surface area contributed by atoms with Gasteiger partial charge in [0.2, 0.25) is 0 Å². The first kappa shape index (κ1) is 18.3. The smallest absolute Gasteiger partial charge is 0.267 e. The normalized spacial score (nSPS) is 17.9. The Bertz CT molecular complexity index is 956. The van der Waals surface area contributed by atoms with Gasteiger partial charge in [0.15, 0.2) is 0 Å². The van der Waals surface area contributed by atoms with Crippen molar-refractivity contribution < 1.29 is 23.0 Å². The van der Waals surface area contributed by atoms with E-state index in [0.717, 1.165) is 16.9 Å². The van der Waals surface area contributed by atoms with Crippen LogP contribution in [0.15, 0.2) is 66.7 Å². The summed E-state index contributed by atoms with van der Waals surface area (Å²) in [6.45, 7) is 0. The predicted molar refractivity (Wildman–Crippen MR) is 103 cm³/mol. The van der Waals surface area contributed by atoms with Gasteiger partial charge in [0.1, 0.15) is 23.4 Å². The zero-order valence-corrected chi connectivity index (χ0v) is 15.6. The molecule has 0 radical (unpaired) electrons. The molecule has 1 heterocycles. The maximum absolute atomic E-state index is 13.7. The highest BCUT2D eigenvalue weighted by Crippen LogP contribution is 2.53. The van der Waals surface area contributed by atoms with E-state index in [1.54, 1.807) is 13.2 Å². The zero-order valence-electron chi connectivity index (χ0n) is 15.6. The summed E-state index contributed by atoms with van der Waals surface area (Å²) in [5, 5.41) is 0. The lowest BCUT2D eigenvalue weighted by atomic mass is 9.84. The second kappa shape index (κ2) is 7.50. The van der Waals surface area contributed by atoms with Crippen LogP contribution in [0.3, 0.4) is 0 Å². The zero-order chi connectivity index (χ0) is 19.7. The second-order valence-electron chi connectivity index (χ2n) is 6.64. The van der Waals surface area contributed by atoms with Crippen LogP contribution >= 0.6 is 0 Å². The minimum atomic E-state index is -2.66. The van der Waals surface area contributed by atoms with Crippen molar-refractivity contribution in [1.82, 2.24) is 0 Å². The number of methoxy groups -OCH3 is 2. The van der Waals surface area contributed by atoms with E-state index in [1.165, 1.54) is 13.2 Å². The topological polar surface area (TPSA) is 27.7 Å². The second-order valence-corrected chi connectivity index (χ2v) is 6.64. The summed E-state index contributed by atoms with van der Waals surface area (Å²) in [7, 11) is 3.08. The van der Waals surface area contributed by atoms with Crippen molar-refractivity contribution in [1.29, 1.82) is 0 Å². The van der Waals surface area contributed by atoms with Crippen molar-refractivity contribution in [3.05, 3.63) is 89.0 Å². The summed E-state index contributed by atoms with van der Waals surface area (Å²) in [6, 6.07) is 20.4. The third kappa shape index (κ3) is 3.17. The summed E-state index contributed by atoms with van der Waals surface area (Å²) in [5.74, 6) is 1.14. The predicted octanol–water partition coefficient (Wildman–Crippen LogP) is 5.91. The van der Waals surface area contributed by atoms with Crippen molar-refractivity contribution in [2.75, 3.05) is 14.2 Å². The molecule has 0 saturated heterocycles. The molecule has 0 saturated carbocycles. The van der Waals surface area contributed by atoms with Gasteiger partial charge in [-0.1, -0.05) is 42.5 Å². The summed E-state index contributed by atoms with van der Waals surface area (Å²) < 4.78 is 44.1. The third-order valence-corrected chi connectivity index (χ3v) is 5.08. The Balaban J connectivity index is 1.88. The fourth-order valence-electron chi connectivity index (χ4n) is 3.72. The van der Waals surface area contributed by atoms with E-state index in [0.29, 0.717) is 11.3 Å². The molecule has 2 atom stereocenters. The van der Waals surface area contributed by atoms with Gasteiger partial charge in [0.05, 0.1) is 25.7 Å². The Labute approximate surface area is 162 Å². The summed E-state index contributed by atoms with van der Waals surface area (Å²) in [5.41, 5.74) is 2.45. The first-order valence-corrected chi connectivity index (χ1v) is 8.98. The summed E-state index contributed by atoms with van der Waals surface area (Å²) >= 11 is 0. The van der Waals surface area contributed by atoms with Crippen LogP contribution in [0.4, 0.5) is 8.78 Å². The van der Waals surface area contributed by atoms with E-state index in [9.17, 15) is 8.78 Å². The maximum Gasteiger partial charge on any atom is 0.267 e. The highest BCUT2D eigenvalue weighted by Gasteiger charge is 2.39. The average molecular weight is 382 g/mol. The first-order valence-electron chi connectivity index (χ1n) is 8.98. The number of hydrogen-bond donors (Lipinski definition) is 0. The Morgan fingerprint density at radius 2 is 1.50 bits per heavy atom. The maximum atomic E-state index is 13.7. The molecule has 3 aromatic carbocycles. The van der Waals surface area contributed by atoms with E-state index in [-0.39, 0.29) is 17.2 Å². The molecule has 28 heavy (non-hydrogen) atoms. The minimum absolute atomic E-state index is 0.147. The van der Waals surface area contributed by atoms with Crippen LogP contribution in [0.25, 0.3) is 0 Å². The van der Waals surface area contributed by atoms with Crippen LogP contribution in [0.1, 0.15) is 40.7 Å². The summed E-state index contributed by atoms with van der Waals surface area (Å²) in [6.07, 6.45) is -3.08. The lowest BCUT2D eigenvalue weighted by Gasteiger charge is -2.20. The van der Waals surface area contributed by atoms with E-state index in [2.05, 4.69) is 0 Å². The monoisotopic (exact) mass is 382 g/mol. The van der Waals surface area contributed by atoms with Crippen LogP contribution in [0, 0.1) is 0 Å². The van der Waals surface area contributed by atoms with E-state index < -0.39 is 12.5 Å². The van der Waals surface area contributed by atoms with Crippen LogP contribution < -0.4 is 14.2 Å². The molecule has 3 nitrogen and oxygen atoms in total. The summed E-state index contributed by atoms with van der Waals surface area (Å²) in [4.78, 5) is 0. The Morgan fingerprint density at radius 1 is 0.821 bits per heavy atom. The van der Waals surface area contributed by atoms with Gasteiger partial charge in [-0.15, -0.1) is 0 Å². The standard InChI is InChI=1S/C23H20F2O3/c1-26-16-10-8-15(9-11-16)21-20(14-6-4-3-5-7-14)18-12-17(27-2)13-19(23(24)25)22(18)28-21/h3-13,20-21,23H,1-2H3. The number of fused-ring (bicyclic) bond motifs is 1. The van der Waals surface area contributed by atoms with Gasteiger partial charge in [0, 0.05) is 5.56 Å². The molecule has 4 rings (SSSR count). The first-order chi connectivity index (χ1) is 13.6. The van der Waals surface area contributed by atoms with E-state index in [1.807, 2.05) is 54.6 Å². The molecule has 1 aliphatic heterocycles. The third-order valence-electron chi connectivity index (χ3n) is 5.08. The van der Waals surface area contributed by atoms with Crippen molar-refractivity contribution in [2.24, 2.45) is 0 Å². The number of ether oxygens (including phenoxy) is 3. The molecule has 3 aromatic rings. The molecule has 0 amide bonds. The molecule has 0 aromatic heterocycles. The minimum Gasteiger partial charge on any atom is -0.497 e. The molecular formula is C23H20F2O3. The van der Waals surface area contributed by atoms with E-state index in [4.69, 9.17) is 14.2 Å². The highest BCUT2D eigenvalue weighted by atomic mass is 19.3. The van der Waals surface area contributed by atoms with Crippen LogP contribution in [-0.4, -0.2) is 14.2 Å². The van der Waals surface area contributed by atoms with Crippen LogP contribution in [-0.2, 0) is 0 Å². The molecule has 0 N–H and O–H groups in total. The Kier molecular flexibility index (Phi) is 4.90. The number of halogens is 2. The van der Waals surface area contributed by atoms with Crippen molar-refractivity contribution >= 4 is 0 Å². The molecule has 5 heteroatoms. The van der Waals surface area contributed by atoms with Crippen molar-refractivity contribution in [3.63, 3.8) is 0 Å². The van der Waals surface area contributed by atoms with Gasteiger partial charge in [-0.3, -0.25) is 0 Å². The molecule has 0 fully saturated rings. The molecule has 0 spiro atoms. The molecule has 0 bridgehead atoms. The van der Waals surface area contributed by atoms with Crippen LogP contribution in [0.5, 0.6) is 17.2 Å². The molecule has 144 valence electrons. The molecule has 2 unspecified atom stereocenters. The lowest BCUT2D eigenvalue weighted by molar-refractivity contribution is 0.141. The largest absolute Gasteiger partial charge is 0.497 e. The van der Waals surface area contributed by atoms with Gasteiger partial charge in [-0.05, 0) is 35.4 Å². The van der Waals surface area contributed by atoms with E-state index >= 15 is 0 Å². The Morgan fingerprint density at radius 3 is 2.11 bits per heavy atom. The average Bonchev–Trinajstić information content (AvgIpc) is 3.12. The molecular weight excluding hydrogens is 362 g/mol. The molecule has 0 aliphatic carbocycles. The van der Waals surface area contributed by atoms with Gasteiger partial charge >= 0.3 is 0 Å².